The molecule has 2 N–H and O–H groups in total. The van der Waals surface area contributed by atoms with Gasteiger partial charge in [0.15, 0.2) is 0 Å². The number of rotatable bonds is 3. The monoisotopic (exact) mass is 243 g/mol. The molecule has 17 heavy (non-hydrogen) atoms. The van der Waals surface area contributed by atoms with Gasteiger partial charge < -0.3 is 10.4 Å². The van der Waals surface area contributed by atoms with Crippen LogP contribution in [0, 0.1) is 0 Å². The fraction of sp³-hybridized carbons (Fsp3) is 0.0714. The number of quaternary nitrogens is 1. The highest BCUT2D eigenvalue weighted by molar-refractivity contribution is 7.80. The van der Waals surface area contributed by atoms with Crippen molar-refractivity contribution in [3.63, 3.8) is 0 Å². The summed E-state index contributed by atoms with van der Waals surface area (Å²) >= 11 is 5.31. The first kappa shape index (κ1) is 11.8. The SMILES string of the molecule is [O-]c1ccc(C(=S)[NH2+]Cc2ccccc2)cc1. The molecule has 2 aromatic carbocycles. The Hall–Kier alpha value is -1.71. The third-order valence-corrected chi connectivity index (χ3v) is 2.91. The summed E-state index contributed by atoms with van der Waals surface area (Å²) in [6, 6.07) is 16.8. The van der Waals surface area contributed by atoms with Crippen molar-refractivity contribution in [2.45, 2.75) is 6.54 Å². The molecule has 86 valence electrons. The number of hydrogen-bond acceptors (Lipinski definition) is 2. The van der Waals surface area contributed by atoms with Crippen LogP contribution in [0.25, 0.3) is 0 Å². The molecule has 3 heteroatoms. The van der Waals surface area contributed by atoms with Crippen LogP contribution >= 0.6 is 12.2 Å². The molecule has 0 fully saturated rings. The second-order valence-corrected chi connectivity index (χ2v) is 4.22. The molecule has 0 saturated carbocycles. The van der Waals surface area contributed by atoms with Crippen LogP contribution < -0.4 is 10.4 Å². The topological polar surface area (TPSA) is 39.7 Å². The molecule has 0 amide bonds. The van der Waals surface area contributed by atoms with Gasteiger partial charge in [-0.05, 0) is 24.4 Å². The van der Waals surface area contributed by atoms with E-state index in [-0.39, 0.29) is 5.75 Å². The number of nitrogens with two attached hydrogens (primary N) is 1. The Morgan fingerprint density at radius 3 is 2.29 bits per heavy atom. The van der Waals surface area contributed by atoms with Crippen molar-refractivity contribution < 1.29 is 10.4 Å². The first-order valence-electron chi connectivity index (χ1n) is 5.44. The average Bonchev–Trinajstić information content (AvgIpc) is 2.38. The number of hydrogen-bond donors (Lipinski definition) is 1. The van der Waals surface area contributed by atoms with Crippen LogP contribution in [0.1, 0.15) is 11.1 Å². The minimum Gasteiger partial charge on any atom is -0.872 e. The Kier molecular flexibility index (Phi) is 3.85. The zero-order valence-electron chi connectivity index (χ0n) is 9.30. The molecule has 0 aliphatic carbocycles. The molecule has 0 radical (unpaired) electrons. The third kappa shape index (κ3) is 3.37. The molecular formula is C14H13NOS. The Morgan fingerprint density at radius 2 is 1.65 bits per heavy atom. The molecule has 0 saturated heterocycles. The van der Waals surface area contributed by atoms with E-state index in [2.05, 4.69) is 12.1 Å². The Morgan fingerprint density at radius 1 is 1.00 bits per heavy atom. The lowest BCUT2D eigenvalue weighted by Gasteiger charge is -2.06. The van der Waals surface area contributed by atoms with Crippen LogP contribution in [-0.2, 0) is 6.54 Å². The predicted octanol–water partition coefficient (Wildman–Crippen LogP) is 1.20. The molecule has 2 nitrogen and oxygen atoms in total. The van der Waals surface area contributed by atoms with Crippen molar-refractivity contribution in [2.75, 3.05) is 0 Å². The summed E-state index contributed by atoms with van der Waals surface area (Å²) in [7, 11) is 0. The van der Waals surface area contributed by atoms with Crippen LogP contribution in [0.4, 0.5) is 0 Å². The summed E-state index contributed by atoms with van der Waals surface area (Å²) in [5.74, 6) is 0.0135. The molecule has 0 aliphatic rings. The van der Waals surface area contributed by atoms with Crippen LogP contribution in [0.15, 0.2) is 54.6 Å². The molecule has 0 heterocycles. The maximum atomic E-state index is 11.0. The van der Waals surface area contributed by atoms with Gasteiger partial charge in [-0.2, -0.15) is 0 Å². The van der Waals surface area contributed by atoms with Gasteiger partial charge in [0.2, 0.25) is 4.99 Å². The maximum absolute atomic E-state index is 11.0. The lowest BCUT2D eigenvalue weighted by molar-refractivity contribution is -0.552. The lowest BCUT2D eigenvalue weighted by Crippen LogP contribution is -2.86. The zero-order valence-corrected chi connectivity index (χ0v) is 10.1. The fourth-order valence-electron chi connectivity index (χ4n) is 1.56. The van der Waals surface area contributed by atoms with Gasteiger partial charge in [-0.25, -0.2) is 0 Å². The van der Waals surface area contributed by atoms with E-state index in [1.165, 1.54) is 17.7 Å². The first-order chi connectivity index (χ1) is 8.25. The standard InChI is InChI=1S/C14H13NOS/c16-13-8-6-12(7-9-13)14(17)15-10-11-4-2-1-3-5-11/h1-9,16H,10H2,(H,15,17). The Labute approximate surface area is 106 Å². The van der Waals surface area contributed by atoms with Crippen molar-refractivity contribution in [2.24, 2.45) is 0 Å². The van der Waals surface area contributed by atoms with Crippen LogP contribution in [0.3, 0.4) is 0 Å². The van der Waals surface area contributed by atoms with E-state index >= 15 is 0 Å². The van der Waals surface area contributed by atoms with E-state index in [0.717, 1.165) is 17.1 Å². The summed E-state index contributed by atoms with van der Waals surface area (Å²) in [4.78, 5) is 0.786. The Bertz CT molecular complexity index is 493. The highest BCUT2D eigenvalue weighted by Crippen LogP contribution is 2.06. The van der Waals surface area contributed by atoms with E-state index in [9.17, 15) is 5.11 Å². The summed E-state index contributed by atoms with van der Waals surface area (Å²) in [5.41, 5.74) is 2.16. The van der Waals surface area contributed by atoms with Crippen molar-refractivity contribution in [1.29, 1.82) is 0 Å². The van der Waals surface area contributed by atoms with Gasteiger partial charge >= 0.3 is 0 Å². The highest BCUT2D eigenvalue weighted by atomic mass is 32.1. The maximum Gasteiger partial charge on any atom is 0.202 e. The molecule has 0 atom stereocenters. The van der Waals surface area contributed by atoms with Gasteiger partial charge in [-0.15, -0.1) is 5.75 Å². The fourth-order valence-corrected chi connectivity index (χ4v) is 1.78. The average molecular weight is 243 g/mol. The van der Waals surface area contributed by atoms with Gasteiger partial charge in [0, 0.05) is 11.1 Å². The van der Waals surface area contributed by atoms with Crippen LogP contribution in [0.5, 0.6) is 5.75 Å². The second-order valence-electron chi connectivity index (χ2n) is 3.78. The van der Waals surface area contributed by atoms with Gasteiger partial charge in [0.25, 0.3) is 0 Å². The molecule has 0 bridgehead atoms. The third-order valence-electron chi connectivity index (χ3n) is 2.50. The van der Waals surface area contributed by atoms with E-state index in [4.69, 9.17) is 12.2 Å². The summed E-state index contributed by atoms with van der Waals surface area (Å²) in [5, 5.41) is 13.0. The second kappa shape index (κ2) is 5.57. The molecule has 0 aromatic heterocycles. The minimum atomic E-state index is 0.0135. The van der Waals surface area contributed by atoms with Gasteiger partial charge in [-0.3, -0.25) is 0 Å². The Balaban J connectivity index is 1.96. The molecule has 0 aliphatic heterocycles. The van der Waals surface area contributed by atoms with E-state index in [0.29, 0.717) is 0 Å². The van der Waals surface area contributed by atoms with Crippen LogP contribution in [0.2, 0.25) is 0 Å². The van der Waals surface area contributed by atoms with Gasteiger partial charge in [0.05, 0.1) is 0 Å². The van der Waals surface area contributed by atoms with E-state index in [1.807, 2.05) is 23.5 Å². The lowest BCUT2D eigenvalue weighted by atomic mass is 10.2. The molecule has 2 rings (SSSR count). The highest BCUT2D eigenvalue weighted by Gasteiger charge is 2.04. The van der Waals surface area contributed by atoms with Gasteiger partial charge in [-0.1, -0.05) is 42.5 Å². The first-order valence-corrected chi connectivity index (χ1v) is 5.85. The van der Waals surface area contributed by atoms with Crippen molar-refractivity contribution >= 4 is 17.2 Å². The molecule has 0 spiro atoms. The summed E-state index contributed by atoms with van der Waals surface area (Å²) in [6.45, 7) is 0.818. The normalized spacial score (nSPS) is 10.1. The summed E-state index contributed by atoms with van der Waals surface area (Å²) < 4.78 is 0. The van der Waals surface area contributed by atoms with Crippen molar-refractivity contribution in [3.05, 3.63) is 65.7 Å². The smallest absolute Gasteiger partial charge is 0.202 e. The predicted molar refractivity (Wildman–Crippen MR) is 69.7 cm³/mol. The van der Waals surface area contributed by atoms with Crippen LogP contribution in [-0.4, -0.2) is 4.99 Å². The number of thiocarbonyl (C=S) groups is 1. The van der Waals surface area contributed by atoms with Crippen molar-refractivity contribution in [1.82, 2.24) is 0 Å². The summed E-state index contributed by atoms with van der Waals surface area (Å²) in [6.07, 6.45) is 0. The van der Waals surface area contributed by atoms with Gasteiger partial charge in [0.1, 0.15) is 6.54 Å². The van der Waals surface area contributed by atoms with E-state index in [1.54, 1.807) is 12.1 Å². The molecular weight excluding hydrogens is 230 g/mol. The molecule has 2 aromatic rings. The molecule has 0 unspecified atom stereocenters. The zero-order chi connectivity index (χ0) is 12.1. The largest absolute Gasteiger partial charge is 0.872 e. The minimum absolute atomic E-state index is 0.0135. The number of benzene rings is 2. The quantitative estimate of drug-likeness (QED) is 0.823. The van der Waals surface area contributed by atoms with Crippen molar-refractivity contribution in [3.8, 4) is 5.75 Å². The van der Waals surface area contributed by atoms with E-state index < -0.39 is 0 Å².